The summed E-state index contributed by atoms with van der Waals surface area (Å²) in [5.41, 5.74) is 3.53. The molecule has 0 aromatic heterocycles. The molecule has 0 radical (unpaired) electrons. The molecular weight excluding hydrogens is 330 g/mol. The van der Waals surface area contributed by atoms with Gasteiger partial charge >= 0.3 is 0 Å². The zero-order chi connectivity index (χ0) is 14.7. The van der Waals surface area contributed by atoms with Gasteiger partial charge in [-0.1, -0.05) is 12.1 Å². The zero-order valence-electron chi connectivity index (χ0n) is 12.0. The van der Waals surface area contributed by atoms with Crippen molar-refractivity contribution in [2.24, 2.45) is 0 Å². The molecule has 0 atom stereocenters. The Labute approximate surface area is 133 Å². The first kappa shape index (κ1) is 14.3. The minimum absolute atomic E-state index is 0.701. The molecule has 3 rings (SSSR count). The normalized spacial score (nSPS) is 13.6. The second kappa shape index (κ2) is 6.39. The van der Waals surface area contributed by atoms with Crippen molar-refractivity contribution in [1.29, 1.82) is 0 Å². The smallest absolute Gasteiger partial charge is 0.175 e. The summed E-state index contributed by atoms with van der Waals surface area (Å²) in [6.07, 6.45) is 0.915. The molecule has 3 nitrogen and oxygen atoms in total. The molecule has 1 aliphatic rings. The van der Waals surface area contributed by atoms with Crippen LogP contribution in [-0.4, -0.2) is 13.2 Å². The van der Waals surface area contributed by atoms with Crippen molar-refractivity contribution < 1.29 is 9.47 Å². The highest BCUT2D eigenvalue weighted by Crippen LogP contribution is 2.38. The average molecular weight is 348 g/mol. The van der Waals surface area contributed by atoms with E-state index >= 15 is 0 Å². The summed E-state index contributed by atoms with van der Waals surface area (Å²) in [6.45, 7) is 4.24. The summed E-state index contributed by atoms with van der Waals surface area (Å²) in [7, 11) is 0. The van der Waals surface area contributed by atoms with E-state index in [4.69, 9.17) is 9.47 Å². The first-order chi connectivity index (χ1) is 10.2. The minimum atomic E-state index is 0.701. The van der Waals surface area contributed by atoms with E-state index in [2.05, 4.69) is 58.5 Å². The van der Waals surface area contributed by atoms with Gasteiger partial charge in [0, 0.05) is 18.7 Å². The maximum Gasteiger partial charge on any atom is 0.175 e. The number of anilines is 1. The van der Waals surface area contributed by atoms with Crippen molar-refractivity contribution in [3.8, 4) is 11.5 Å². The SMILES string of the molecule is Cc1cccc(NCc2cc(Br)c3c(c2)OCCCO3)c1. The van der Waals surface area contributed by atoms with Gasteiger partial charge in [-0.15, -0.1) is 0 Å². The molecule has 0 aliphatic carbocycles. The fourth-order valence-corrected chi connectivity index (χ4v) is 2.95. The van der Waals surface area contributed by atoms with Crippen molar-refractivity contribution in [1.82, 2.24) is 0 Å². The lowest BCUT2D eigenvalue weighted by atomic mass is 10.2. The van der Waals surface area contributed by atoms with E-state index in [9.17, 15) is 0 Å². The van der Waals surface area contributed by atoms with E-state index in [1.165, 1.54) is 5.56 Å². The standard InChI is InChI=1S/C17H18BrNO2/c1-12-4-2-5-14(8-12)19-11-13-9-15(18)17-16(10-13)20-6-3-7-21-17/h2,4-5,8-10,19H,3,6-7,11H2,1H3. The minimum Gasteiger partial charge on any atom is -0.490 e. The average Bonchev–Trinajstić information content (AvgIpc) is 2.71. The van der Waals surface area contributed by atoms with Gasteiger partial charge in [0.2, 0.25) is 0 Å². The summed E-state index contributed by atoms with van der Waals surface area (Å²) in [5, 5.41) is 3.43. The molecule has 0 unspecified atom stereocenters. The Morgan fingerprint density at radius 1 is 1.14 bits per heavy atom. The first-order valence-corrected chi connectivity index (χ1v) is 7.90. The molecule has 110 valence electrons. The van der Waals surface area contributed by atoms with Gasteiger partial charge in [0.05, 0.1) is 17.7 Å². The van der Waals surface area contributed by atoms with E-state index in [0.717, 1.165) is 40.2 Å². The van der Waals surface area contributed by atoms with Crippen LogP contribution >= 0.6 is 15.9 Å². The lowest BCUT2D eigenvalue weighted by Gasteiger charge is -2.13. The lowest BCUT2D eigenvalue weighted by molar-refractivity contribution is 0.296. The van der Waals surface area contributed by atoms with Crippen LogP contribution in [-0.2, 0) is 6.54 Å². The van der Waals surface area contributed by atoms with Gasteiger partial charge in [0.15, 0.2) is 11.5 Å². The Hall–Kier alpha value is -1.68. The summed E-state index contributed by atoms with van der Waals surface area (Å²) in [4.78, 5) is 0. The van der Waals surface area contributed by atoms with Crippen molar-refractivity contribution in [2.45, 2.75) is 19.9 Å². The third-order valence-corrected chi connectivity index (χ3v) is 3.97. The van der Waals surface area contributed by atoms with Crippen molar-refractivity contribution >= 4 is 21.6 Å². The zero-order valence-corrected chi connectivity index (χ0v) is 13.6. The molecule has 0 bridgehead atoms. The second-order valence-electron chi connectivity index (χ2n) is 5.18. The molecule has 1 N–H and O–H groups in total. The fourth-order valence-electron chi connectivity index (χ4n) is 2.35. The Balaban J connectivity index is 1.77. The highest BCUT2D eigenvalue weighted by Gasteiger charge is 2.15. The topological polar surface area (TPSA) is 30.5 Å². The summed E-state index contributed by atoms with van der Waals surface area (Å²) in [6, 6.07) is 12.5. The number of hydrogen-bond acceptors (Lipinski definition) is 3. The molecule has 4 heteroatoms. The molecule has 2 aromatic carbocycles. The molecule has 21 heavy (non-hydrogen) atoms. The Morgan fingerprint density at radius 2 is 2.00 bits per heavy atom. The first-order valence-electron chi connectivity index (χ1n) is 7.11. The monoisotopic (exact) mass is 347 g/mol. The largest absolute Gasteiger partial charge is 0.490 e. The van der Waals surface area contributed by atoms with E-state index in [1.807, 2.05) is 6.07 Å². The maximum atomic E-state index is 5.76. The van der Waals surface area contributed by atoms with Crippen molar-refractivity contribution in [2.75, 3.05) is 18.5 Å². The van der Waals surface area contributed by atoms with Gasteiger partial charge in [-0.2, -0.15) is 0 Å². The molecule has 2 aromatic rings. The summed E-state index contributed by atoms with van der Waals surface area (Å²) in [5.74, 6) is 1.63. The van der Waals surface area contributed by atoms with Gasteiger partial charge in [0.1, 0.15) is 0 Å². The Bertz CT molecular complexity index is 643. The number of aryl methyl sites for hydroxylation is 1. The summed E-state index contributed by atoms with van der Waals surface area (Å²) < 4.78 is 12.4. The van der Waals surface area contributed by atoms with Crippen LogP contribution < -0.4 is 14.8 Å². The van der Waals surface area contributed by atoms with Crippen LogP contribution in [0, 0.1) is 6.92 Å². The van der Waals surface area contributed by atoms with Gasteiger partial charge in [0.25, 0.3) is 0 Å². The Kier molecular flexibility index (Phi) is 4.34. The molecule has 0 amide bonds. The highest BCUT2D eigenvalue weighted by molar-refractivity contribution is 9.10. The predicted molar refractivity (Wildman–Crippen MR) is 88.3 cm³/mol. The van der Waals surface area contributed by atoms with E-state index in [-0.39, 0.29) is 0 Å². The predicted octanol–water partition coefficient (Wildman–Crippen LogP) is 4.53. The van der Waals surface area contributed by atoms with Crippen LogP contribution in [0.2, 0.25) is 0 Å². The fraction of sp³-hybridized carbons (Fsp3) is 0.294. The van der Waals surface area contributed by atoms with Gasteiger partial charge in [-0.05, 0) is 58.2 Å². The van der Waals surface area contributed by atoms with Crippen LogP contribution in [0.15, 0.2) is 40.9 Å². The number of nitrogens with one attached hydrogen (secondary N) is 1. The summed E-state index contributed by atoms with van der Waals surface area (Å²) >= 11 is 3.57. The number of hydrogen-bond donors (Lipinski definition) is 1. The quantitative estimate of drug-likeness (QED) is 0.884. The van der Waals surface area contributed by atoms with Crippen molar-refractivity contribution in [3.63, 3.8) is 0 Å². The number of fused-ring (bicyclic) bond motifs is 1. The van der Waals surface area contributed by atoms with E-state index < -0.39 is 0 Å². The van der Waals surface area contributed by atoms with Gasteiger partial charge in [-0.3, -0.25) is 0 Å². The number of halogens is 1. The van der Waals surface area contributed by atoms with E-state index in [1.54, 1.807) is 0 Å². The van der Waals surface area contributed by atoms with Crippen molar-refractivity contribution in [3.05, 3.63) is 52.0 Å². The molecule has 0 fully saturated rings. The number of benzene rings is 2. The molecule has 0 saturated heterocycles. The molecule has 0 saturated carbocycles. The molecular formula is C17H18BrNO2. The lowest BCUT2D eigenvalue weighted by Crippen LogP contribution is -2.01. The molecule has 1 aliphatic heterocycles. The van der Waals surface area contributed by atoms with Crippen LogP contribution in [0.4, 0.5) is 5.69 Å². The number of ether oxygens (including phenoxy) is 2. The number of rotatable bonds is 3. The van der Waals surface area contributed by atoms with Crippen LogP contribution in [0.5, 0.6) is 11.5 Å². The second-order valence-corrected chi connectivity index (χ2v) is 6.03. The molecule has 1 heterocycles. The van der Waals surface area contributed by atoms with Crippen LogP contribution in [0.25, 0.3) is 0 Å². The third-order valence-electron chi connectivity index (χ3n) is 3.38. The van der Waals surface area contributed by atoms with E-state index in [0.29, 0.717) is 13.2 Å². The highest BCUT2D eigenvalue weighted by atomic mass is 79.9. The van der Waals surface area contributed by atoms with Gasteiger partial charge in [-0.25, -0.2) is 0 Å². The molecule has 0 spiro atoms. The Morgan fingerprint density at radius 3 is 2.86 bits per heavy atom. The third kappa shape index (κ3) is 3.50. The van der Waals surface area contributed by atoms with Crippen LogP contribution in [0.3, 0.4) is 0 Å². The maximum absolute atomic E-state index is 5.76. The van der Waals surface area contributed by atoms with Crippen LogP contribution in [0.1, 0.15) is 17.5 Å². The van der Waals surface area contributed by atoms with Gasteiger partial charge < -0.3 is 14.8 Å².